The Hall–Kier alpha value is -1.26. The Bertz CT molecular complexity index is 550. The predicted octanol–water partition coefficient (Wildman–Crippen LogP) is 3.24. The number of halogens is 1. The Kier molecular flexibility index (Phi) is 6.93. The molecule has 0 bridgehead atoms. The lowest BCUT2D eigenvalue weighted by molar-refractivity contribution is -0.135. The number of piperidine rings is 2. The third-order valence-corrected chi connectivity index (χ3v) is 5.00. The number of likely N-dealkylation sites (tertiary alicyclic amines) is 1. The monoisotopic (exact) mass is 352 g/mol. The molecule has 1 atom stereocenters. The SMILES string of the molecule is Cc1ccc(C)c(OC2CCN(C(=O)C3CCCCN3)CC2)c1.Cl. The van der Waals surface area contributed by atoms with E-state index in [0.29, 0.717) is 0 Å². The molecule has 2 heterocycles. The Balaban J connectivity index is 0.00000208. The van der Waals surface area contributed by atoms with Crippen molar-refractivity contribution in [3.63, 3.8) is 0 Å². The Labute approximate surface area is 151 Å². The number of ether oxygens (including phenoxy) is 1. The van der Waals surface area contributed by atoms with Crippen molar-refractivity contribution in [3.05, 3.63) is 29.3 Å². The van der Waals surface area contributed by atoms with Crippen LogP contribution in [0.5, 0.6) is 5.75 Å². The highest BCUT2D eigenvalue weighted by molar-refractivity contribution is 5.85. The molecule has 0 radical (unpaired) electrons. The van der Waals surface area contributed by atoms with E-state index in [1.54, 1.807) is 0 Å². The van der Waals surface area contributed by atoms with E-state index >= 15 is 0 Å². The molecule has 2 saturated heterocycles. The molecule has 3 rings (SSSR count). The highest BCUT2D eigenvalue weighted by Gasteiger charge is 2.29. The van der Waals surface area contributed by atoms with E-state index in [1.807, 2.05) is 4.90 Å². The zero-order chi connectivity index (χ0) is 16.2. The first kappa shape index (κ1) is 19.1. The van der Waals surface area contributed by atoms with Crippen LogP contribution >= 0.6 is 12.4 Å². The van der Waals surface area contributed by atoms with Gasteiger partial charge in [-0.25, -0.2) is 0 Å². The molecule has 2 aliphatic heterocycles. The van der Waals surface area contributed by atoms with Gasteiger partial charge in [0.15, 0.2) is 0 Å². The van der Waals surface area contributed by atoms with E-state index in [9.17, 15) is 4.79 Å². The highest BCUT2D eigenvalue weighted by atomic mass is 35.5. The number of nitrogens with one attached hydrogen (secondary N) is 1. The largest absolute Gasteiger partial charge is 0.490 e. The second-order valence-electron chi connectivity index (χ2n) is 6.91. The van der Waals surface area contributed by atoms with Gasteiger partial charge in [-0.1, -0.05) is 18.6 Å². The maximum absolute atomic E-state index is 12.5. The summed E-state index contributed by atoms with van der Waals surface area (Å²) in [6.45, 7) is 6.77. The van der Waals surface area contributed by atoms with Gasteiger partial charge in [-0.2, -0.15) is 0 Å². The molecule has 134 valence electrons. The quantitative estimate of drug-likeness (QED) is 0.908. The number of hydrogen-bond donors (Lipinski definition) is 1. The zero-order valence-corrected chi connectivity index (χ0v) is 15.5. The van der Waals surface area contributed by atoms with Gasteiger partial charge in [0.2, 0.25) is 5.91 Å². The molecule has 1 aromatic rings. The lowest BCUT2D eigenvalue weighted by atomic mass is 10.0. The summed E-state index contributed by atoms with van der Waals surface area (Å²) in [5.74, 6) is 1.28. The van der Waals surface area contributed by atoms with Gasteiger partial charge in [0.25, 0.3) is 0 Å². The van der Waals surface area contributed by atoms with Gasteiger partial charge in [0, 0.05) is 25.9 Å². The molecule has 5 heteroatoms. The maximum atomic E-state index is 12.5. The third kappa shape index (κ3) is 4.64. The number of amides is 1. The van der Waals surface area contributed by atoms with Gasteiger partial charge in [-0.3, -0.25) is 4.79 Å². The first-order valence-corrected chi connectivity index (χ1v) is 8.89. The van der Waals surface area contributed by atoms with Crippen LogP contribution in [0.3, 0.4) is 0 Å². The zero-order valence-electron chi connectivity index (χ0n) is 14.7. The van der Waals surface area contributed by atoms with Crippen LogP contribution in [0.4, 0.5) is 0 Å². The summed E-state index contributed by atoms with van der Waals surface area (Å²) in [5, 5.41) is 3.36. The topological polar surface area (TPSA) is 41.6 Å². The van der Waals surface area contributed by atoms with Crippen molar-refractivity contribution in [3.8, 4) is 5.75 Å². The minimum absolute atomic E-state index is 0. The van der Waals surface area contributed by atoms with Gasteiger partial charge in [0.1, 0.15) is 11.9 Å². The van der Waals surface area contributed by atoms with E-state index < -0.39 is 0 Å². The van der Waals surface area contributed by atoms with Crippen LogP contribution in [0, 0.1) is 13.8 Å². The van der Waals surface area contributed by atoms with Crippen molar-refractivity contribution in [1.29, 1.82) is 0 Å². The number of rotatable bonds is 3. The van der Waals surface area contributed by atoms with E-state index in [4.69, 9.17) is 4.74 Å². The molecule has 1 amide bonds. The fraction of sp³-hybridized carbons (Fsp3) is 0.632. The van der Waals surface area contributed by atoms with E-state index in [2.05, 4.69) is 37.4 Å². The van der Waals surface area contributed by atoms with E-state index in [0.717, 1.165) is 51.1 Å². The molecule has 1 aromatic carbocycles. The normalized spacial score (nSPS) is 21.9. The number of hydrogen-bond acceptors (Lipinski definition) is 3. The van der Waals surface area contributed by atoms with Crippen LogP contribution in [0.2, 0.25) is 0 Å². The van der Waals surface area contributed by atoms with Gasteiger partial charge in [-0.15, -0.1) is 12.4 Å². The first-order valence-electron chi connectivity index (χ1n) is 8.89. The number of carbonyl (C=O) groups is 1. The van der Waals surface area contributed by atoms with Gasteiger partial charge in [-0.05, 0) is 50.4 Å². The molecule has 1 N–H and O–H groups in total. The van der Waals surface area contributed by atoms with Crippen LogP contribution in [-0.2, 0) is 4.79 Å². The molecular formula is C19H29ClN2O2. The molecule has 2 fully saturated rings. The van der Waals surface area contributed by atoms with Crippen molar-refractivity contribution in [1.82, 2.24) is 10.2 Å². The molecule has 0 spiro atoms. The molecule has 24 heavy (non-hydrogen) atoms. The first-order chi connectivity index (χ1) is 11.1. The average molecular weight is 353 g/mol. The van der Waals surface area contributed by atoms with E-state index in [1.165, 1.54) is 17.5 Å². The molecule has 2 aliphatic rings. The summed E-state index contributed by atoms with van der Waals surface area (Å²) in [6.07, 6.45) is 5.40. The second kappa shape index (κ2) is 8.72. The van der Waals surface area contributed by atoms with Crippen LogP contribution in [0.25, 0.3) is 0 Å². The Morgan fingerprint density at radius 3 is 2.58 bits per heavy atom. The number of nitrogens with zero attached hydrogens (tertiary/aromatic N) is 1. The summed E-state index contributed by atoms with van der Waals surface area (Å²) >= 11 is 0. The van der Waals surface area contributed by atoms with Crippen molar-refractivity contribution in [2.24, 2.45) is 0 Å². The smallest absolute Gasteiger partial charge is 0.239 e. The van der Waals surface area contributed by atoms with Crippen molar-refractivity contribution < 1.29 is 9.53 Å². The van der Waals surface area contributed by atoms with Crippen molar-refractivity contribution in [2.45, 2.75) is 58.1 Å². The summed E-state index contributed by atoms with van der Waals surface area (Å²) in [4.78, 5) is 14.6. The molecule has 0 saturated carbocycles. The third-order valence-electron chi connectivity index (χ3n) is 5.00. The minimum atomic E-state index is 0. The van der Waals surface area contributed by atoms with Gasteiger partial charge >= 0.3 is 0 Å². The molecular weight excluding hydrogens is 324 g/mol. The number of carbonyl (C=O) groups excluding carboxylic acids is 1. The Morgan fingerprint density at radius 1 is 1.17 bits per heavy atom. The summed E-state index contributed by atoms with van der Waals surface area (Å²) < 4.78 is 6.19. The predicted molar refractivity (Wildman–Crippen MR) is 99.0 cm³/mol. The van der Waals surface area contributed by atoms with Crippen LogP contribution in [-0.4, -0.2) is 42.6 Å². The molecule has 1 unspecified atom stereocenters. The van der Waals surface area contributed by atoms with Crippen LogP contribution in [0.15, 0.2) is 18.2 Å². The summed E-state index contributed by atoms with van der Waals surface area (Å²) in [7, 11) is 0. The fourth-order valence-corrected chi connectivity index (χ4v) is 3.49. The van der Waals surface area contributed by atoms with E-state index in [-0.39, 0.29) is 30.5 Å². The summed E-state index contributed by atoms with van der Waals surface area (Å²) in [5.41, 5.74) is 2.40. The number of aryl methyl sites for hydroxylation is 2. The Morgan fingerprint density at radius 2 is 1.92 bits per heavy atom. The average Bonchev–Trinajstić information content (AvgIpc) is 2.59. The molecule has 0 aromatic heterocycles. The van der Waals surface area contributed by atoms with Gasteiger partial charge in [0.05, 0.1) is 6.04 Å². The standard InChI is InChI=1S/C19H28N2O2.ClH/c1-14-6-7-15(2)18(13-14)23-16-8-11-21(12-9-16)19(22)17-5-3-4-10-20-17;/h6-7,13,16-17,20H,3-5,8-12H2,1-2H3;1H. The summed E-state index contributed by atoms with van der Waals surface area (Å²) in [6, 6.07) is 6.37. The van der Waals surface area contributed by atoms with Crippen molar-refractivity contribution in [2.75, 3.05) is 19.6 Å². The van der Waals surface area contributed by atoms with Gasteiger partial charge < -0.3 is 15.0 Å². The lowest BCUT2D eigenvalue weighted by Crippen LogP contribution is -2.51. The molecule has 0 aliphatic carbocycles. The second-order valence-corrected chi connectivity index (χ2v) is 6.91. The van der Waals surface area contributed by atoms with Crippen molar-refractivity contribution >= 4 is 18.3 Å². The number of benzene rings is 1. The highest BCUT2D eigenvalue weighted by Crippen LogP contribution is 2.24. The van der Waals surface area contributed by atoms with Crippen LogP contribution in [0.1, 0.15) is 43.2 Å². The lowest BCUT2D eigenvalue weighted by Gasteiger charge is -2.35. The van der Waals surface area contributed by atoms with Crippen LogP contribution < -0.4 is 10.1 Å². The maximum Gasteiger partial charge on any atom is 0.239 e. The fourth-order valence-electron chi connectivity index (χ4n) is 3.49. The minimum Gasteiger partial charge on any atom is -0.490 e. The molecule has 4 nitrogen and oxygen atoms in total.